The molecule has 1 heterocycles. The highest BCUT2D eigenvalue weighted by Gasteiger charge is 2.30. The molecule has 1 saturated carbocycles. The van der Waals surface area contributed by atoms with Gasteiger partial charge in [0.2, 0.25) is 0 Å². The summed E-state index contributed by atoms with van der Waals surface area (Å²) in [5.41, 5.74) is 1.52. The Morgan fingerprint density at radius 1 is 1.43 bits per heavy atom. The van der Waals surface area contributed by atoms with Crippen LogP contribution in [0.4, 0.5) is 5.82 Å². The van der Waals surface area contributed by atoms with Crippen LogP contribution in [0.5, 0.6) is 0 Å². The van der Waals surface area contributed by atoms with Crippen molar-refractivity contribution in [2.75, 3.05) is 19.4 Å². The van der Waals surface area contributed by atoms with Gasteiger partial charge >= 0.3 is 0 Å². The summed E-state index contributed by atoms with van der Waals surface area (Å²) in [6.45, 7) is 2.02. The van der Waals surface area contributed by atoms with Gasteiger partial charge in [0.05, 0.1) is 12.1 Å². The van der Waals surface area contributed by atoms with E-state index < -0.39 is 6.10 Å². The quantitative estimate of drug-likeness (QED) is 0.891. The number of carbonyl (C=O) groups excluding carboxylic acids is 1. The Bertz CT molecular complexity index is 482. The third kappa shape index (κ3) is 3.53. The Balaban J connectivity index is 2.22. The number of aryl methyl sites for hydroxylation is 1. The number of anilines is 1. The summed E-state index contributed by atoms with van der Waals surface area (Å²) in [6.07, 6.45) is 4.13. The summed E-state index contributed by atoms with van der Waals surface area (Å²) in [7, 11) is 3.58. The molecule has 116 valence electrons. The van der Waals surface area contributed by atoms with Gasteiger partial charge in [-0.1, -0.05) is 19.8 Å². The van der Waals surface area contributed by atoms with Crippen LogP contribution in [0.15, 0.2) is 12.1 Å². The van der Waals surface area contributed by atoms with E-state index in [1.807, 2.05) is 13.0 Å². The van der Waals surface area contributed by atoms with Gasteiger partial charge in [-0.25, -0.2) is 4.98 Å². The maximum Gasteiger partial charge on any atom is 0.254 e. The molecule has 1 aliphatic carbocycles. The van der Waals surface area contributed by atoms with Crippen LogP contribution in [0, 0.1) is 0 Å². The fourth-order valence-corrected chi connectivity index (χ4v) is 2.92. The van der Waals surface area contributed by atoms with Crippen LogP contribution in [-0.4, -0.2) is 47.1 Å². The van der Waals surface area contributed by atoms with Gasteiger partial charge in [-0.3, -0.25) is 4.79 Å². The summed E-state index contributed by atoms with van der Waals surface area (Å²) in [6, 6.07) is 3.53. The predicted molar refractivity (Wildman–Crippen MR) is 83.5 cm³/mol. The van der Waals surface area contributed by atoms with Crippen LogP contribution in [-0.2, 0) is 6.42 Å². The second kappa shape index (κ2) is 6.89. The van der Waals surface area contributed by atoms with Crippen molar-refractivity contribution in [3.8, 4) is 0 Å². The van der Waals surface area contributed by atoms with Gasteiger partial charge < -0.3 is 15.3 Å². The maximum absolute atomic E-state index is 12.7. The number of amides is 1. The lowest BCUT2D eigenvalue weighted by molar-refractivity contribution is 0.0268. The van der Waals surface area contributed by atoms with Crippen molar-refractivity contribution in [1.29, 1.82) is 0 Å². The molecule has 0 bridgehead atoms. The Hall–Kier alpha value is -1.62. The standard InChI is InChI=1S/C16H25N3O2/c1-4-12-9-11(10-15(17-2)18-12)16(21)19(3)13-7-5-6-8-14(13)20/h9-10,13-14,20H,4-8H2,1-3H3,(H,17,18). The molecule has 0 aromatic carbocycles. The number of carbonyl (C=O) groups is 1. The summed E-state index contributed by atoms with van der Waals surface area (Å²) < 4.78 is 0. The van der Waals surface area contributed by atoms with Gasteiger partial charge in [0.15, 0.2) is 0 Å². The maximum atomic E-state index is 12.7. The minimum absolute atomic E-state index is 0.0467. The SMILES string of the molecule is CCc1cc(C(=O)N(C)C2CCCCC2O)cc(NC)n1. The molecule has 2 atom stereocenters. The topological polar surface area (TPSA) is 65.5 Å². The summed E-state index contributed by atoms with van der Waals surface area (Å²) >= 11 is 0. The van der Waals surface area contributed by atoms with E-state index in [2.05, 4.69) is 10.3 Å². The zero-order valence-corrected chi connectivity index (χ0v) is 13.1. The minimum atomic E-state index is -0.413. The number of aliphatic hydroxyl groups is 1. The van der Waals surface area contributed by atoms with Gasteiger partial charge in [-0.2, -0.15) is 0 Å². The van der Waals surface area contributed by atoms with Crippen LogP contribution in [0.1, 0.15) is 48.7 Å². The molecule has 2 rings (SSSR count). The molecule has 2 N–H and O–H groups in total. The van der Waals surface area contributed by atoms with Crippen molar-refractivity contribution in [3.05, 3.63) is 23.4 Å². The number of hydrogen-bond donors (Lipinski definition) is 2. The Labute approximate surface area is 126 Å². The van der Waals surface area contributed by atoms with Crippen molar-refractivity contribution >= 4 is 11.7 Å². The van der Waals surface area contributed by atoms with E-state index in [4.69, 9.17) is 0 Å². The molecular weight excluding hydrogens is 266 g/mol. The van der Waals surface area contributed by atoms with E-state index in [0.29, 0.717) is 11.4 Å². The molecule has 21 heavy (non-hydrogen) atoms. The molecule has 1 amide bonds. The normalized spacial score (nSPS) is 21.9. The second-order valence-corrected chi connectivity index (χ2v) is 5.67. The third-order valence-electron chi connectivity index (χ3n) is 4.26. The van der Waals surface area contributed by atoms with Crippen LogP contribution < -0.4 is 5.32 Å². The molecule has 1 aromatic heterocycles. The number of rotatable bonds is 4. The summed E-state index contributed by atoms with van der Waals surface area (Å²) in [5, 5.41) is 13.1. The Morgan fingerprint density at radius 3 is 2.76 bits per heavy atom. The first-order valence-electron chi connectivity index (χ1n) is 7.70. The number of aliphatic hydroxyl groups excluding tert-OH is 1. The van der Waals surface area contributed by atoms with E-state index in [0.717, 1.165) is 37.8 Å². The highest BCUT2D eigenvalue weighted by atomic mass is 16.3. The molecule has 0 saturated heterocycles. The number of hydrogen-bond acceptors (Lipinski definition) is 4. The zero-order chi connectivity index (χ0) is 15.4. The number of aromatic nitrogens is 1. The molecule has 0 radical (unpaired) electrons. The second-order valence-electron chi connectivity index (χ2n) is 5.67. The van der Waals surface area contributed by atoms with Gasteiger partial charge in [-0.15, -0.1) is 0 Å². The van der Waals surface area contributed by atoms with Crippen LogP contribution in [0.2, 0.25) is 0 Å². The molecule has 5 heteroatoms. The molecule has 1 aliphatic rings. The van der Waals surface area contributed by atoms with Gasteiger partial charge in [-0.05, 0) is 31.4 Å². The Kier molecular flexibility index (Phi) is 5.17. The third-order valence-corrected chi connectivity index (χ3v) is 4.26. The van der Waals surface area contributed by atoms with E-state index in [-0.39, 0.29) is 11.9 Å². The molecule has 0 aliphatic heterocycles. The van der Waals surface area contributed by atoms with Crippen LogP contribution in [0.25, 0.3) is 0 Å². The highest BCUT2D eigenvalue weighted by molar-refractivity contribution is 5.95. The fraction of sp³-hybridized carbons (Fsp3) is 0.625. The smallest absolute Gasteiger partial charge is 0.254 e. The average molecular weight is 291 g/mol. The molecular formula is C16H25N3O2. The number of likely N-dealkylation sites (N-methyl/N-ethyl adjacent to an activating group) is 1. The van der Waals surface area contributed by atoms with Gasteiger partial charge in [0.25, 0.3) is 5.91 Å². The predicted octanol–water partition coefficient (Wildman–Crippen LogP) is 2.06. The van der Waals surface area contributed by atoms with Crippen LogP contribution in [0.3, 0.4) is 0 Å². The van der Waals surface area contributed by atoms with E-state index in [1.54, 1.807) is 25.1 Å². The zero-order valence-electron chi connectivity index (χ0n) is 13.1. The molecule has 1 aromatic rings. The number of nitrogens with zero attached hydrogens (tertiary/aromatic N) is 2. The van der Waals surface area contributed by atoms with E-state index >= 15 is 0 Å². The monoisotopic (exact) mass is 291 g/mol. The largest absolute Gasteiger partial charge is 0.391 e. The molecule has 5 nitrogen and oxygen atoms in total. The fourth-order valence-electron chi connectivity index (χ4n) is 2.92. The summed E-state index contributed by atoms with van der Waals surface area (Å²) in [4.78, 5) is 18.8. The van der Waals surface area contributed by atoms with Gasteiger partial charge in [0, 0.05) is 25.4 Å². The van der Waals surface area contributed by atoms with E-state index in [1.165, 1.54) is 0 Å². The van der Waals surface area contributed by atoms with Crippen molar-refractivity contribution in [3.63, 3.8) is 0 Å². The first-order valence-corrected chi connectivity index (χ1v) is 7.70. The van der Waals surface area contributed by atoms with Crippen molar-refractivity contribution in [1.82, 2.24) is 9.88 Å². The molecule has 1 fully saturated rings. The number of pyridine rings is 1. The lowest BCUT2D eigenvalue weighted by Crippen LogP contribution is -2.46. The van der Waals surface area contributed by atoms with Crippen LogP contribution >= 0.6 is 0 Å². The first kappa shape index (κ1) is 15.8. The average Bonchev–Trinajstić information content (AvgIpc) is 2.53. The van der Waals surface area contributed by atoms with Gasteiger partial charge in [0.1, 0.15) is 5.82 Å². The van der Waals surface area contributed by atoms with Crippen molar-refractivity contribution < 1.29 is 9.90 Å². The molecule has 2 unspecified atom stereocenters. The lowest BCUT2D eigenvalue weighted by Gasteiger charge is -2.35. The molecule has 0 spiro atoms. The minimum Gasteiger partial charge on any atom is -0.391 e. The summed E-state index contributed by atoms with van der Waals surface area (Å²) in [5.74, 6) is 0.657. The Morgan fingerprint density at radius 2 is 2.14 bits per heavy atom. The first-order chi connectivity index (χ1) is 10.1. The van der Waals surface area contributed by atoms with E-state index in [9.17, 15) is 9.90 Å². The lowest BCUT2D eigenvalue weighted by atomic mass is 9.91. The van der Waals surface area contributed by atoms with Crippen molar-refractivity contribution in [2.24, 2.45) is 0 Å². The number of nitrogens with one attached hydrogen (secondary N) is 1. The van der Waals surface area contributed by atoms with Crippen molar-refractivity contribution in [2.45, 2.75) is 51.2 Å². The highest BCUT2D eigenvalue weighted by Crippen LogP contribution is 2.24.